The van der Waals surface area contributed by atoms with Crippen LogP contribution in [0.3, 0.4) is 0 Å². The summed E-state index contributed by atoms with van der Waals surface area (Å²) in [5.74, 6) is -0.162. The van der Waals surface area contributed by atoms with Crippen molar-refractivity contribution in [2.75, 3.05) is 18.5 Å². The predicted molar refractivity (Wildman–Crippen MR) is 97.2 cm³/mol. The summed E-state index contributed by atoms with van der Waals surface area (Å²) in [4.78, 5) is 17.9. The highest BCUT2D eigenvalue weighted by atomic mass is 19.4. The van der Waals surface area contributed by atoms with Crippen LogP contribution in [0.2, 0.25) is 0 Å². The number of esters is 1. The van der Waals surface area contributed by atoms with Gasteiger partial charge >= 0.3 is 12.1 Å². The topological polar surface area (TPSA) is 54.5 Å². The molecular formula is C20H20F3N3O2. The molecule has 3 heterocycles. The minimum absolute atomic E-state index is 0.112. The second kappa shape index (κ2) is 7.43. The Bertz CT molecular complexity index is 885. The van der Waals surface area contributed by atoms with Gasteiger partial charge in [-0.05, 0) is 41.3 Å². The molecule has 0 bridgehead atoms. The van der Waals surface area contributed by atoms with Gasteiger partial charge in [0.2, 0.25) is 0 Å². The molecule has 1 N–H and O–H groups in total. The minimum atomic E-state index is -4.27. The predicted octanol–water partition coefficient (Wildman–Crippen LogP) is 3.60. The van der Waals surface area contributed by atoms with Gasteiger partial charge in [0.05, 0.1) is 24.9 Å². The summed E-state index contributed by atoms with van der Waals surface area (Å²) in [5.41, 5.74) is 3.73. The number of hydrogen-bond donors (Lipinski definition) is 1. The van der Waals surface area contributed by atoms with E-state index in [-0.39, 0.29) is 17.6 Å². The molecule has 1 atom stereocenters. The van der Waals surface area contributed by atoms with E-state index < -0.39 is 12.6 Å². The molecule has 8 heteroatoms. The molecule has 1 fully saturated rings. The number of ether oxygens (including phenoxy) is 1. The number of carbonyl (C=O) groups excluding carboxylic acids is 1. The second-order valence-electron chi connectivity index (χ2n) is 7.17. The molecule has 5 nitrogen and oxygen atoms in total. The van der Waals surface area contributed by atoms with Crippen LogP contribution in [0.5, 0.6) is 0 Å². The van der Waals surface area contributed by atoms with E-state index in [2.05, 4.69) is 15.2 Å². The number of fused-ring (bicyclic) bond motifs is 1. The van der Waals surface area contributed by atoms with Crippen LogP contribution in [0.15, 0.2) is 36.7 Å². The van der Waals surface area contributed by atoms with Gasteiger partial charge in [0.15, 0.2) is 0 Å². The van der Waals surface area contributed by atoms with Gasteiger partial charge in [0.1, 0.15) is 6.04 Å². The molecule has 1 saturated heterocycles. The van der Waals surface area contributed by atoms with Crippen LogP contribution in [0.4, 0.5) is 24.5 Å². The molecule has 148 valence electrons. The average Bonchev–Trinajstić information content (AvgIpc) is 3.06. The molecule has 0 spiro atoms. The highest BCUT2D eigenvalue weighted by molar-refractivity contribution is 5.77. The van der Waals surface area contributed by atoms with Crippen molar-refractivity contribution in [1.82, 2.24) is 9.88 Å². The quantitative estimate of drug-likeness (QED) is 0.807. The first kappa shape index (κ1) is 18.7. The van der Waals surface area contributed by atoms with Crippen LogP contribution in [0, 0.1) is 0 Å². The van der Waals surface area contributed by atoms with Crippen molar-refractivity contribution < 1.29 is 22.7 Å². The van der Waals surface area contributed by atoms with E-state index in [9.17, 15) is 18.0 Å². The van der Waals surface area contributed by atoms with E-state index in [1.165, 1.54) is 24.0 Å². The van der Waals surface area contributed by atoms with Gasteiger partial charge in [-0.15, -0.1) is 0 Å². The van der Waals surface area contributed by atoms with Crippen molar-refractivity contribution in [3.63, 3.8) is 0 Å². The monoisotopic (exact) mass is 391 g/mol. The van der Waals surface area contributed by atoms with E-state index in [0.29, 0.717) is 25.3 Å². The number of pyridine rings is 1. The van der Waals surface area contributed by atoms with Gasteiger partial charge in [-0.3, -0.25) is 14.7 Å². The third-order valence-electron chi connectivity index (χ3n) is 5.08. The van der Waals surface area contributed by atoms with E-state index >= 15 is 0 Å². The fraction of sp³-hybridized carbons (Fsp3) is 0.400. The number of alkyl halides is 3. The number of benzene rings is 1. The van der Waals surface area contributed by atoms with Crippen molar-refractivity contribution in [3.05, 3.63) is 53.3 Å². The number of rotatable bonds is 4. The lowest BCUT2D eigenvalue weighted by molar-refractivity contribution is -0.142. The number of halogens is 3. The molecule has 2 aliphatic rings. The van der Waals surface area contributed by atoms with Crippen LogP contribution in [-0.2, 0) is 28.9 Å². The van der Waals surface area contributed by atoms with Crippen molar-refractivity contribution in [3.8, 4) is 0 Å². The summed E-state index contributed by atoms with van der Waals surface area (Å²) < 4.78 is 42.9. The Labute approximate surface area is 160 Å². The number of nitrogens with zero attached hydrogens (tertiary/aromatic N) is 2. The van der Waals surface area contributed by atoms with Gasteiger partial charge in [-0.1, -0.05) is 6.07 Å². The van der Waals surface area contributed by atoms with Crippen LogP contribution in [0.1, 0.15) is 23.1 Å². The molecule has 1 unspecified atom stereocenters. The molecule has 0 amide bonds. The summed E-state index contributed by atoms with van der Waals surface area (Å²) in [6.07, 6.45) is -0.987. The molecule has 4 rings (SSSR count). The third-order valence-corrected chi connectivity index (χ3v) is 5.08. The zero-order valence-electron chi connectivity index (χ0n) is 15.1. The standard InChI is InChI=1S/C20H20F3N3O2/c21-20(22,23)9-13-7-17(11-24-10-13)25-16-2-1-14-3-5-26(12-15(14)8-16)18-4-6-28-19(18)27/h1-2,7-8,10-11,18,25H,3-6,9,12H2. The van der Waals surface area contributed by atoms with Gasteiger partial charge in [0.25, 0.3) is 0 Å². The maximum Gasteiger partial charge on any atom is 0.393 e. The lowest BCUT2D eigenvalue weighted by Crippen LogP contribution is -2.41. The van der Waals surface area contributed by atoms with Gasteiger partial charge in [-0.2, -0.15) is 13.2 Å². The number of nitrogens with one attached hydrogen (secondary N) is 1. The van der Waals surface area contributed by atoms with Crippen molar-refractivity contribution in [2.24, 2.45) is 0 Å². The first-order valence-corrected chi connectivity index (χ1v) is 9.17. The van der Waals surface area contributed by atoms with Crippen molar-refractivity contribution >= 4 is 17.3 Å². The molecule has 1 aromatic carbocycles. The average molecular weight is 391 g/mol. The zero-order valence-corrected chi connectivity index (χ0v) is 15.1. The van der Waals surface area contributed by atoms with E-state index in [0.717, 1.165) is 24.2 Å². The smallest absolute Gasteiger partial charge is 0.393 e. The maximum absolute atomic E-state index is 12.6. The number of carbonyl (C=O) groups is 1. The molecule has 0 saturated carbocycles. The van der Waals surface area contributed by atoms with Gasteiger partial charge < -0.3 is 10.1 Å². The number of cyclic esters (lactones) is 1. The molecular weight excluding hydrogens is 371 g/mol. The molecule has 28 heavy (non-hydrogen) atoms. The minimum Gasteiger partial charge on any atom is -0.464 e. The number of aromatic nitrogens is 1. The van der Waals surface area contributed by atoms with Crippen molar-refractivity contribution in [1.29, 1.82) is 0 Å². The lowest BCUT2D eigenvalue weighted by Gasteiger charge is -2.31. The van der Waals surface area contributed by atoms with Crippen LogP contribution in [0.25, 0.3) is 0 Å². The summed E-state index contributed by atoms with van der Waals surface area (Å²) in [5, 5.41) is 3.13. The molecule has 0 aliphatic carbocycles. The summed E-state index contributed by atoms with van der Waals surface area (Å²) >= 11 is 0. The molecule has 0 radical (unpaired) electrons. The van der Waals surface area contributed by atoms with E-state index in [1.54, 1.807) is 0 Å². The van der Waals surface area contributed by atoms with Crippen LogP contribution >= 0.6 is 0 Å². The maximum atomic E-state index is 12.6. The third kappa shape index (κ3) is 4.27. The normalized spacial score (nSPS) is 20.0. The zero-order chi connectivity index (χ0) is 19.7. The Balaban J connectivity index is 1.49. The SMILES string of the molecule is O=C1OCCC1N1CCc2ccc(Nc3cncc(CC(F)(F)F)c3)cc2C1. The Hall–Kier alpha value is -2.61. The Morgan fingerprint density at radius 1 is 1.18 bits per heavy atom. The number of anilines is 2. The van der Waals surface area contributed by atoms with Gasteiger partial charge in [0, 0.05) is 31.4 Å². The van der Waals surface area contributed by atoms with Crippen LogP contribution < -0.4 is 5.32 Å². The van der Waals surface area contributed by atoms with Gasteiger partial charge in [-0.25, -0.2) is 0 Å². The summed E-state index contributed by atoms with van der Waals surface area (Å²) in [6, 6.07) is 7.19. The summed E-state index contributed by atoms with van der Waals surface area (Å²) in [6.45, 7) is 1.93. The second-order valence-corrected chi connectivity index (χ2v) is 7.17. The summed E-state index contributed by atoms with van der Waals surface area (Å²) in [7, 11) is 0. The Morgan fingerprint density at radius 3 is 2.79 bits per heavy atom. The molecule has 2 aromatic rings. The van der Waals surface area contributed by atoms with Crippen molar-refractivity contribution in [2.45, 2.75) is 38.0 Å². The molecule has 1 aromatic heterocycles. The first-order valence-electron chi connectivity index (χ1n) is 9.17. The lowest BCUT2D eigenvalue weighted by atomic mass is 9.97. The van der Waals surface area contributed by atoms with E-state index in [1.807, 2.05) is 18.2 Å². The number of hydrogen-bond acceptors (Lipinski definition) is 5. The highest BCUT2D eigenvalue weighted by Crippen LogP contribution is 2.28. The van der Waals surface area contributed by atoms with Crippen LogP contribution in [-0.4, -0.2) is 41.2 Å². The van der Waals surface area contributed by atoms with E-state index in [4.69, 9.17) is 4.74 Å². The fourth-order valence-corrected chi connectivity index (χ4v) is 3.79. The Morgan fingerprint density at radius 2 is 2.04 bits per heavy atom. The first-order chi connectivity index (χ1) is 13.4. The highest BCUT2D eigenvalue weighted by Gasteiger charge is 2.34. The largest absolute Gasteiger partial charge is 0.464 e. The Kier molecular flexibility index (Phi) is 4.97. The fourth-order valence-electron chi connectivity index (χ4n) is 3.79. The molecule has 2 aliphatic heterocycles.